The van der Waals surface area contributed by atoms with E-state index in [-0.39, 0.29) is 11.2 Å². The standard InChI is InChI=1S/C9H5BrN2O3/c10-7-2-1-6-5(8(7)12(14)15)3-4-11-9(6)13/h1-4H,(H,11,13). The molecule has 76 valence electrons. The molecule has 1 N–H and O–H groups in total. The number of pyridine rings is 1. The molecule has 0 saturated heterocycles. The van der Waals surface area contributed by atoms with Gasteiger partial charge in [0.1, 0.15) is 0 Å². The molecule has 5 nitrogen and oxygen atoms in total. The first kappa shape index (κ1) is 9.85. The summed E-state index contributed by atoms with van der Waals surface area (Å²) in [5.74, 6) is 0. The van der Waals surface area contributed by atoms with Crippen LogP contribution in [-0.4, -0.2) is 9.91 Å². The number of rotatable bonds is 1. The third kappa shape index (κ3) is 1.52. The van der Waals surface area contributed by atoms with E-state index in [0.29, 0.717) is 15.2 Å². The zero-order valence-electron chi connectivity index (χ0n) is 7.36. The topological polar surface area (TPSA) is 76.0 Å². The maximum atomic E-state index is 11.4. The smallest absolute Gasteiger partial charge is 0.291 e. The van der Waals surface area contributed by atoms with E-state index < -0.39 is 4.92 Å². The van der Waals surface area contributed by atoms with Gasteiger partial charge in [-0.3, -0.25) is 14.9 Å². The Bertz CT molecular complexity index is 606. The minimum absolute atomic E-state index is 0.0846. The van der Waals surface area contributed by atoms with Crippen molar-refractivity contribution in [2.24, 2.45) is 0 Å². The Labute approximate surface area is 92.0 Å². The number of halogens is 1. The Balaban J connectivity index is 3.01. The van der Waals surface area contributed by atoms with Crippen molar-refractivity contribution in [1.82, 2.24) is 4.98 Å². The number of hydrogen-bond donors (Lipinski definition) is 1. The first-order valence-corrected chi connectivity index (χ1v) is 4.85. The lowest BCUT2D eigenvalue weighted by Gasteiger charge is -1.99. The van der Waals surface area contributed by atoms with E-state index in [1.807, 2.05) is 0 Å². The molecule has 0 aliphatic rings. The van der Waals surface area contributed by atoms with E-state index in [0.717, 1.165) is 0 Å². The molecule has 0 radical (unpaired) electrons. The van der Waals surface area contributed by atoms with E-state index in [4.69, 9.17) is 0 Å². The number of benzene rings is 1. The van der Waals surface area contributed by atoms with Crippen molar-refractivity contribution in [3.05, 3.63) is 49.3 Å². The summed E-state index contributed by atoms with van der Waals surface area (Å²) in [7, 11) is 0. The minimum atomic E-state index is -0.508. The molecule has 0 atom stereocenters. The Morgan fingerprint density at radius 1 is 1.27 bits per heavy atom. The quantitative estimate of drug-likeness (QED) is 0.636. The first-order chi connectivity index (χ1) is 7.11. The molecule has 1 heterocycles. The van der Waals surface area contributed by atoms with E-state index in [1.165, 1.54) is 18.3 Å². The van der Waals surface area contributed by atoms with Crippen molar-refractivity contribution >= 4 is 32.4 Å². The molecule has 1 aromatic carbocycles. The van der Waals surface area contributed by atoms with Crippen molar-refractivity contribution in [2.45, 2.75) is 0 Å². The van der Waals surface area contributed by atoms with Gasteiger partial charge >= 0.3 is 0 Å². The van der Waals surface area contributed by atoms with Gasteiger partial charge in [0.15, 0.2) is 0 Å². The highest BCUT2D eigenvalue weighted by Crippen LogP contribution is 2.31. The van der Waals surface area contributed by atoms with Gasteiger partial charge in [-0.2, -0.15) is 0 Å². The van der Waals surface area contributed by atoms with Gasteiger partial charge in [-0.15, -0.1) is 0 Å². The van der Waals surface area contributed by atoms with Gasteiger partial charge in [0.05, 0.1) is 20.2 Å². The fourth-order valence-corrected chi connectivity index (χ4v) is 1.90. The number of nitrogens with one attached hydrogen (secondary N) is 1. The lowest BCUT2D eigenvalue weighted by molar-refractivity contribution is -0.383. The second kappa shape index (κ2) is 3.47. The highest BCUT2D eigenvalue weighted by atomic mass is 79.9. The summed E-state index contributed by atoms with van der Waals surface area (Å²) >= 11 is 3.09. The SMILES string of the molecule is O=c1[nH]ccc2c([N+](=O)[O-])c(Br)ccc12. The van der Waals surface area contributed by atoms with Crippen LogP contribution >= 0.6 is 15.9 Å². The number of nitro groups is 1. The number of nitro benzene ring substituents is 1. The molecule has 0 fully saturated rings. The van der Waals surface area contributed by atoms with Gasteiger partial charge < -0.3 is 4.98 Å². The van der Waals surface area contributed by atoms with Crippen LogP contribution in [-0.2, 0) is 0 Å². The van der Waals surface area contributed by atoms with Crippen LogP contribution in [0.15, 0.2) is 33.7 Å². The minimum Gasteiger partial charge on any atom is -0.329 e. The zero-order chi connectivity index (χ0) is 11.0. The summed E-state index contributed by atoms with van der Waals surface area (Å²) in [5.41, 5.74) is -0.415. The lowest BCUT2D eigenvalue weighted by Crippen LogP contribution is -2.05. The average molecular weight is 269 g/mol. The highest BCUT2D eigenvalue weighted by Gasteiger charge is 2.17. The maximum Gasteiger partial charge on any atom is 0.291 e. The van der Waals surface area contributed by atoms with Gasteiger partial charge in [-0.25, -0.2) is 0 Å². The van der Waals surface area contributed by atoms with Crippen LogP contribution in [0, 0.1) is 10.1 Å². The van der Waals surface area contributed by atoms with Gasteiger partial charge in [-0.1, -0.05) is 0 Å². The molecule has 0 aliphatic heterocycles. The van der Waals surface area contributed by atoms with Crippen LogP contribution in [0.3, 0.4) is 0 Å². The Morgan fingerprint density at radius 2 is 2.00 bits per heavy atom. The third-order valence-corrected chi connectivity index (χ3v) is 2.70. The Morgan fingerprint density at radius 3 is 2.67 bits per heavy atom. The van der Waals surface area contributed by atoms with Crippen LogP contribution in [0.4, 0.5) is 5.69 Å². The predicted octanol–water partition coefficient (Wildman–Crippen LogP) is 2.20. The maximum absolute atomic E-state index is 11.4. The normalized spacial score (nSPS) is 10.5. The van der Waals surface area contributed by atoms with Gasteiger partial charge in [0, 0.05) is 6.20 Å². The van der Waals surface area contributed by atoms with Crippen LogP contribution < -0.4 is 5.56 Å². The van der Waals surface area contributed by atoms with Crippen LogP contribution in [0.5, 0.6) is 0 Å². The first-order valence-electron chi connectivity index (χ1n) is 4.05. The lowest BCUT2D eigenvalue weighted by atomic mass is 10.1. The molecule has 15 heavy (non-hydrogen) atoms. The summed E-state index contributed by atoms with van der Waals surface area (Å²) < 4.78 is 0.366. The summed E-state index contributed by atoms with van der Waals surface area (Å²) in [4.78, 5) is 24.1. The molecule has 0 spiro atoms. The van der Waals surface area contributed by atoms with Crippen molar-refractivity contribution in [3.63, 3.8) is 0 Å². The molecular weight excluding hydrogens is 264 g/mol. The van der Waals surface area contributed by atoms with Crippen molar-refractivity contribution in [3.8, 4) is 0 Å². The van der Waals surface area contributed by atoms with Crippen molar-refractivity contribution in [1.29, 1.82) is 0 Å². The van der Waals surface area contributed by atoms with E-state index in [2.05, 4.69) is 20.9 Å². The molecule has 0 saturated carbocycles. The third-order valence-electron chi connectivity index (χ3n) is 2.06. The van der Waals surface area contributed by atoms with Crippen LogP contribution in [0.2, 0.25) is 0 Å². The summed E-state index contributed by atoms with van der Waals surface area (Å²) in [6, 6.07) is 4.56. The fourth-order valence-electron chi connectivity index (χ4n) is 1.41. The van der Waals surface area contributed by atoms with Gasteiger partial charge in [0.2, 0.25) is 0 Å². The van der Waals surface area contributed by atoms with Gasteiger partial charge in [0.25, 0.3) is 11.2 Å². The van der Waals surface area contributed by atoms with E-state index >= 15 is 0 Å². The second-order valence-corrected chi connectivity index (χ2v) is 3.78. The van der Waals surface area contributed by atoms with Gasteiger partial charge in [-0.05, 0) is 34.1 Å². The van der Waals surface area contributed by atoms with Crippen molar-refractivity contribution in [2.75, 3.05) is 0 Å². The summed E-state index contributed by atoms with van der Waals surface area (Å²) in [5, 5.41) is 11.5. The summed E-state index contributed by atoms with van der Waals surface area (Å²) in [6.07, 6.45) is 1.39. The largest absolute Gasteiger partial charge is 0.329 e. The molecule has 0 bridgehead atoms. The molecule has 1 aromatic heterocycles. The van der Waals surface area contributed by atoms with E-state index in [1.54, 1.807) is 6.07 Å². The number of H-pyrrole nitrogens is 1. The molecular formula is C9H5BrN2O3. The number of aromatic nitrogens is 1. The molecule has 0 amide bonds. The fraction of sp³-hybridized carbons (Fsp3) is 0. The Hall–Kier alpha value is -1.69. The molecule has 2 rings (SSSR count). The summed E-state index contributed by atoms with van der Waals surface area (Å²) in [6.45, 7) is 0. The number of hydrogen-bond acceptors (Lipinski definition) is 3. The van der Waals surface area contributed by atoms with Crippen LogP contribution in [0.25, 0.3) is 10.8 Å². The molecule has 0 unspecified atom stereocenters. The molecule has 6 heteroatoms. The second-order valence-electron chi connectivity index (χ2n) is 2.92. The number of fused-ring (bicyclic) bond motifs is 1. The predicted molar refractivity (Wildman–Crippen MR) is 58.9 cm³/mol. The molecule has 2 aromatic rings. The average Bonchev–Trinajstić information content (AvgIpc) is 2.17. The number of aromatic amines is 1. The monoisotopic (exact) mass is 268 g/mol. The number of nitrogens with zero attached hydrogens (tertiary/aromatic N) is 1. The van der Waals surface area contributed by atoms with Crippen LogP contribution in [0.1, 0.15) is 0 Å². The Kier molecular flexibility index (Phi) is 2.28. The molecule has 0 aliphatic carbocycles. The van der Waals surface area contributed by atoms with Crippen molar-refractivity contribution < 1.29 is 4.92 Å². The zero-order valence-corrected chi connectivity index (χ0v) is 8.95. The van der Waals surface area contributed by atoms with E-state index in [9.17, 15) is 14.9 Å². The highest BCUT2D eigenvalue weighted by molar-refractivity contribution is 9.10.